The van der Waals surface area contributed by atoms with Gasteiger partial charge in [0.15, 0.2) is 0 Å². The summed E-state index contributed by atoms with van der Waals surface area (Å²) in [5, 5.41) is 2.59. The Morgan fingerprint density at radius 3 is 2.22 bits per heavy atom. The fourth-order valence-corrected chi connectivity index (χ4v) is 2.89. The van der Waals surface area contributed by atoms with Gasteiger partial charge in [0.1, 0.15) is 0 Å². The highest BCUT2D eigenvalue weighted by molar-refractivity contribution is 5.54. The molecule has 0 aliphatic heterocycles. The second-order valence-electron chi connectivity index (χ2n) is 6.71. The maximum Gasteiger partial charge on any atom is 0.0189 e. The van der Waals surface area contributed by atoms with Gasteiger partial charge in [-0.15, -0.1) is 0 Å². The first-order chi connectivity index (χ1) is 8.08. The van der Waals surface area contributed by atoms with Crippen LogP contribution in [0.1, 0.15) is 43.0 Å². The number of benzene rings is 1. The molecule has 1 heteroatoms. The van der Waals surface area contributed by atoms with Gasteiger partial charge in [0.2, 0.25) is 0 Å². The van der Waals surface area contributed by atoms with Crippen LogP contribution in [0.3, 0.4) is 0 Å². The molecule has 0 bridgehead atoms. The molecule has 0 aromatic heterocycles. The van der Waals surface area contributed by atoms with Crippen molar-refractivity contribution in [1.29, 1.82) is 0 Å². The van der Waals surface area contributed by atoms with E-state index in [0.29, 0.717) is 0 Å². The quantitative estimate of drug-likeness (QED) is 0.803. The number of nitrogens with two attached hydrogens (primary N) is 1. The van der Waals surface area contributed by atoms with Gasteiger partial charge in [-0.25, -0.2) is 0 Å². The Hall–Kier alpha value is -1.08. The lowest BCUT2D eigenvalue weighted by Crippen LogP contribution is -2.47. The molecular formula is C17H25N. The molecule has 0 spiro atoms. The standard InChI is InChI=1S/C17H25N/c1-10-11(2)13(4)15-9-17(7,16(5,6)18)8-14(15)12(10)3/h9H,1,8,18H2,2-7H3. The Balaban J connectivity index is 2.79. The Morgan fingerprint density at radius 1 is 1.17 bits per heavy atom. The van der Waals surface area contributed by atoms with Crippen LogP contribution >= 0.6 is 0 Å². The number of hydrogen-bond acceptors (Lipinski definition) is 1. The van der Waals surface area contributed by atoms with Crippen LogP contribution in [0.2, 0.25) is 0 Å². The van der Waals surface area contributed by atoms with Crippen LogP contribution in [0, 0.1) is 26.2 Å². The molecule has 1 nitrogen and oxygen atoms in total. The first kappa shape index (κ1) is 13.4. The highest BCUT2D eigenvalue weighted by atomic mass is 14.8. The smallest absolute Gasteiger partial charge is 0.0189 e. The summed E-state index contributed by atoms with van der Waals surface area (Å²) in [5.74, 6) is 0. The Bertz CT molecular complexity index is 617. The molecular weight excluding hydrogens is 218 g/mol. The van der Waals surface area contributed by atoms with Gasteiger partial charge in [0.25, 0.3) is 0 Å². The molecule has 0 amide bonds. The fourth-order valence-electron chi connectivity index (χ4n) is 2.89. The van der Waals surface area contributed by atoms with Gasteiger partial charge in [0.05, 0.1) is 0 Å². The SMILES string of the molecule is C=c1c(C)c(C)c2c(c1C)CC(C)(C(C)(C)N)C=2. The second kappa shape index (κ2) is 3.71. The van der Waals surface area contributed by atoms with Crippen molar-refractivity contribution in [3.63, 3.8) is 0 Å². The third kappa shape index (κ3) is 1.65. The zero-order valence-corrected chi connectivity index (χ0v) is 12.6. The van der Waals surface area contributed by atoms with E-state index in [1.54, 1.807) is 0 Å². The molecule has 0 radical (unpaired) electrons. The van der Waals surface area contributed by atoms with Crippen LogP contribution in [-0.4, -0.2) is 5.54 Å². The van der Waals surface area contributed by atoms with Crippen LogP contribution in [0.5, 0.6) is 0 Å². The van der Waals surface area contributed by atoms with Crippen molar-refractivity contribution >= 4 is 12.7 Å². The van der Waals surface area contributed by atoms with E-state index >= 15 is 0 Å². The summed E-state index contributed by atoms with van der Waals surface area (Å²) in [5.41, 5.74) is 11.7. The summed E-state index contributed by atoms with van der Waals surface area (Å²) in [6.45, 7) is 17.3. The minimum atomic E-state index is -0.208. The van der Waals surface area contributed by atoms with Gasteiger partial charge in [0, 0.05) is 11.0 Å². The largest absolute Gasteiger partial charge is 0.325 e. The van der Waals surface area contributed by atoms with E-state index < -0.39 is 0 Å². The average Bonchev–Trinajstić information content (AvgIpc) is 2.63. The zero-order valence-electron chi connectivity index (χ0n) is 12.6. The lowest BCUT2D eigenvalue weighted by Gasteiger charge is -2.37. The summed E-state index contributed by atoms with van der Waals surface area (Å²) in [4.78, 5) is 0. The predicted octanol–water partition coefficient (Wildman–Crippen LogP) is 2.10. The van der Waals surface area contributed by atoms with Crippen LogP contribution in [0.4, 0.5) is 0 Å². The van der Waals surface area contributed by atoms with Crippen molar-refractivity contribution in [3.05, 3.63) is 32.7 Å². The highest BCUT2D eigenvalue weighted by Gasteiger charge is 2.40. The zero-order chi connectivity index (χ0) is 13.9. The predicted molar refractivity (Wildman–Crippen MR) is 80.0 cm³/mol. The number of hydrogen-bond donors (Lipinski definition) is 1. The molecule has 1 aromatic rings. The molecule has 1 unspecified atom stereocenters. The summed E-state index contributed by atoms with van der Waals surface area (Å²) >= 11 is 0. The van der Waals surface area contributed by atoms with Crippen molar-refractivity contribution in [2.24, 2.45) is 11.1 Å². The van der Waals surface area contributed by atoms with Gasteiger partial charge < -0.3 is 5.73 Å². The average molecular weight is 243 g/mol. The van der Waals surface area contributed by atoms with Crippen molar-refractivity contribution in [2.45, 2.75) is 53.5 Å². The lowest BCUT2D eigenvalue weighted by atomic mass is 9.72. The topological polar surface area (TPSA) is 26.0 Å². The third-order valence-corrected chi connectivity index (χ3v) is 5.13. The van der Waals surface area contributed by atoms with E-state index in [4.69, 9.17) is 5.73 Å². The van der Waals surface area contributed by atoms with Crippen LogP contribution < -0.4 is 16.2 Å². The van der Waals surface area contributed by atoms with Crippen molar-refractivity contribution in [2.75, 3.05) is 0 Å². The molecule has 0 saturated heterocycles. The van der Waals surface area contributed by atoms with Crippen molar-refractivity contribution in [3.8, 4) is 0 Å². The highest BCUT2D eigenvalue weighted by Crippen LogP contribution is 2.38. The molecule has 2 rings (SSSR count). The molecule has 1 aromatic carbocycles. The summed E-state index contributed by atoms with van der Waals surface area (Å²) < 4.78 is 0. The molecule has 18 heavy (non-hydrogen) atoms. The number of rotatable bonds is 1. The molecule has 1 atom stereocenters. The maximum atomic E-state index is 6.38. The second-order valence-corrected chi connectivity index (χ2v) is 6.71. The summed E-state index contributed by atoms with van der Waals surface area (Å²) in [7, 11) is 0. The fraction of sp³-hybridized carbons (Fsp3) is 0.529. The van der Waals surface area contributed by atoms with E-state index in [9.17, 15) is 0 Å². The van der Waals surface area contributed by atoms with E-state index in [-0.39, 0.29) is 11.0 Å². The molecule has 98 valence electrons. The Morgan fingerprint density at radius 2 is 1.72 bits per heavy atom. The number of fused-ring (bicyclic) bond motifs is 1. The Kier molecular flexibility index (Phi) is 2.75. The van der Waals surface area contributed by atoms with E-state index in [1.807, 2.05) is 0 Å². The van der Waals surface area contributed by atoms with Gasteiger partial charge in [-0.3, -0.25) is 0 Å². The molecule has 0 heterocycles. The van der Waals surface area contributed by atoms with Crippen LogP contribution in [0.15, 0.2) is 0 Å². The van der Waals surface area contributed by atoms with E-state index in [1.165, 1.54) is 32.7 Å². The van der Waals surface area contributed by atoms with E-state index in [0.717, 1.165) is 6.42 Å². The molecule has 1 aliphatic carbocycles. The normalized spacial score (nSPS) is 22.8. The van der Waals surface area contributed by atoms with Crippen molar-refractivity contribution < 1.29 is 0 Å². The van der Waals surface area contributed by atoms with Gasteiger partial charge >= 0.3 is 0 Å². The molecule has 1 aliphatic rings. The van der Waals surface area contributed by atoms with E-state index in [2.05, 4.69) is 54.2 Å². The van der Waals surface area contributed by atoms with Crippen LogP contribution in [-0.2, 0) is 6.42 Å². The maximum absolute atomic E-state index is 6.38. The minimum absolute atomic E-state index is 0.0328. The third-order valence-electron chi connectivity index (χ3n) is 5.13. The van der Waals surface area contributed by atoms with Crippen molar-refractivity contribution in [1.82, 2.24) is 0 Å². The monoisotopic (exact) mass is 243 g/mol. The lowest BCUT2D eigenvalue weighted by molar-refractivity contribution is 0.270. The molecule has 2 N–H and O–H groups in total. The van der Waals surface area contributed by atoms with Gasteiger partial charge in [-0.1, -0.05) is 19.6 Å². The minimum Gasteiger partial charge on any atom is -0.325 e. The van der Waals surface area contributed by atoms with Gasteiger partial charge in [-0.05, 0) is 73.7 Å². The summed E-state index contributed by atoms with van der Waals surface area (Å²) in [6.07, 6.45) is 3.42. The first-order valence-electron chi connectivity index (χ1n) is 6.68. The first-order valence-corrected chi connectivity index (χ1v) is 6.68. The summed E-state index contributed by atoms with van der Waals surface area (Å²) in [6, 6.07) is 0. The molecule has 0 fully saturated rings. The van der Waals surface area contributed by atoms with Gasteiger partial charge in [-0.2, -0.15) is 0 Å². The van der Waals surface area contributed by atoms with Crippen LogP contribution in [0.25, 0.3) is 12.7 Å². The Labute approximate surface area is 110 Å². The molecule has 0 saturated carbocycles.